The number of hydrogen-bond acceptors (Lipinski definition) is 4. The first-order chi connectivity index (χ1) is 10.2. The van der Waals surface area contributed by atoms with Crippen molar-refractivity contribution in [3.05, 3.63) is 30.1 Å². The molecule has 2 fully saturated rings. The summed E-state index contributed by atoms with van der Waals surface area (Å²) in [5.41, 5.74) is 0.659. The zero-order chi connectivity index (χ0) is 14.8. The van der Waals surface area contributed by atoms with Crippen molar-refractivity contribution < 1.29 is 9.13 Å². The molecule has 0 amide bonds. The van der Waals surface area contributed by atoms with Gasteiger partial charge in [0.1, 0.15) is 17.7 Å². The Morgan fingerprint density at radius 2 is 2.05 bits per heavy atom. The number of fused-ring (bicyclic) bond motifs is 2. The molecule has 0 saturated carbocycles. The van der Waals surface area contributed by atoms with E-state index >= 15 is 0 Å². The van der Waals surface area contributed by atoms with Gasteiger partial charge in [-0.1, -0.05) is 19.1 Å². The van der Waals surface area contributed by atoms with Gasteiger partial charge in [-0.05, 0) is 49.8 Å². The Bertz CT molecular complexity index is 525. The first-order valence-corrected chi connectivity index (χ1v) is 8.33. The summed E-state index contributed by atoms with van der Waals surface area (Å²) < 4.78 is 19.9. The van der Waals surface area contributed by atoms with Gasteiger partial charge in [0.05, 0.1) is 4.90 Å². The van der Waals surface area contributed by atoms with Crippen molar-refractivity contribution in [3.8, 4) is 5.75 Å². The highest BCUT2D eigenvalue weighted by Gasteiger charge is 2.32. The van der Waals surface area contributed by atoms with Gasteiger partial charge >= 0.3 is 0 Å². The Morgan fingerprint density at radius 1 is 1.33 bits per heavy atom. The monoisotopic (exact) mass is 308 g/mol. The van der Waals surface area contributed by atoms with E-state index in [4.69, 9.17) is 9.88 Å². The summed E-state index contributed by atoms with van der Waals surface area (Å²) in [5.74, 6) is 0.358. The molecule has 3 N–H and O–H groups in total. The van der Waals surface area contributed by atoms with Gasteiger partial charge in [0.2, 0.25) is 0 Å². The van der Waals surface area contributed by atoms with Crippen molar-refractivity contribution in [2.75, 3.05) is 0 Å². The number of halogens is 1. The Morgan fingerprint density at radius 3 is 2.67 bits per heavy atom. The van der Waals surface area contributed by atoms with Crippen LogP contribution < -0.4 is 15.2 Å². The van der Waals surface area contributed by atoms with E-state index in [0.717, 1.165) is 24.8 Å². The minimum absolute atomic E-state index is 0.182. The number of piperidine rings is 2. The minimum Gasteiger partial charge on any atom is -0.490 e. The van der Waals surface area contributed by atoms with Gasteiger partial charge in [-0.25, -0.2) is 4.39 Å². The summed E-state index contributed by atoms with van der Waals surface area (Å²) in [4.78, 5) is 0.400. The second-order valence-electron chi connectivity index (χ2n) is 5.81. The van der Waals surface area contributed by atoms with Crippen molar-refractivity contribution in [2.24, 2.45) is 5.14 Å². The van der Waals surface area contributed by atoms with Crippen LogP contribution in [0.25, 0.3) is 6.08 Å². The molecule has 0 aromatic heterocycles. The van der Waals surface area contributed by atoms with E-state index in [1.165, 1.54) is 25.3 Å². The number of nitrogens with two attached hydrogens (primary N) is 1. The number of ether oxygens (including phenoxy) is 1. The van der Waals surface area contributed by atoms with Crippen molar-refractivity contribution in [2.45, 2.75) is 55.2 Å². The van der Waals surface area contributed by atoms with E-state index in [0.29, 0.717) is 28.3 Å². The van der Waals surface area contributed by atoms with Crippen molar-refractivity contribution >= 4 is 18.0 Å². The molecule has 2 saturated heterocycles. The highest BCUT2D eigenvalue weighted by Crippen LogP contribution is 2.34. The summed E-state index contributed by atoms with van der Waals surface area (Å²) in [6, 6.07) is 4.21. The molecule has 2 bridgehead atoms. The smallest absolute Gasteiger partial charge is 0.138 e. The number of benzene rings is 1. The van der Waals surface area contributed by atoms with Gasteiger partial charge in [-0.3, -0.25) is 5.14 Å². The van der Waals surface area contributed by atoms with Crippen LogP contribution in [0.15, 0.2) is 23.6 Å². The lowest BCUT2D eigenvalue weighted by Crippen LogP contribution is -2.51. The van der Waals surface area contributed by atoms with Crippen LogP contribution in [0.4, 0.5) is 4.39 Å². The van der Waals surface area contributed by atoms with Gasteiger partial charge in [0, 0.05) is 17.6 Å². The van der Waals surface area contributed by atoms with Gasteiger partial charge in [-0.2, -0.15) is 0 Å². The van der Waals surface area contributed by atoms with Crippen LogP contribution in [0.5, 0.6) is 5.75 Å². The maximum Gasteiger partial charge on any atom is 0.138 e. The lowest BCUT2D eigenvalue weighted by atomic mass is 9.85. The molecule has 21 heavy (non-hydrogen) atoms. The van der Waals surface area contributed by atoms with Crippen molar-refractivity contribution in [3.63, 3.8) is 0 Å². The predicted molar refractivity (Wildman–Crippen MR) is 84.7 cm³/mol. The standard InChI is InChI=1S/C16H21FN2OS/c1-2-13-15(7-6-14(17)16(13)21-18)20-12-8-10-4-3-5-11(9-12)19-10/h2,6-7,10-12,19H,1,3-5,8-9,18H2/t10-,11+,12?. The average Bonchev–Trinajstić information content (AvgIpc) is 2.48. The van der Waals surface area contributed by atoms with Crippen molar-refractivity contribution in [1.29, 1.82) is 0 Å². The Balaban J connectivity index is 1.80. The molecule has 1 aromatic carbocycles. The predicted octanol–water partition coefficient (Wildman–Crippen LogP) is 3.49. The molecular formula is C16H21FN2OS. The summed E-state index contributed by atoms with van der Waals surface area (Å²) >= 11 is 0.901. The first kappa shape index (κ1) is 14.9. The highest BCUT2D eigenvalue weighted by atomic mass is 32.2. The molecule has 0 aliphatic carbocycles. The maximum atomic E-state index is 13.8. The molecule has 0 radical (unpaired) electrons. The van der Waals surface area contributed by atoms with Crippen LogP contribution in [0.1, 0.15) is 37.7 Å². The fourth-order valence-electron chi connectivity index (χ4n) is 3.46. The molecule has 3 atom stereocenters. The highest BCUT2D eigenvalue weighted by molar-refractivity contribution is 7.97. The van der Waals surface area contributed by atoms with E-state index in [9.17, 15) is 4.39 Å². The topological polar surface area (TPSA) is 47.3 Å². The molecule has 0 spiro atoms. The van der Waals surface area contributed by atoms with E-state index in [1.54, 1.807) is 12.1 Å². The zero-order valence-electron chi connectivity index (χ0n) is 12.0. The lowest BCUT2D eigenvalue weighted by molar-refractivity contribution is 0.0922. The molecule has 1 aromatic rings. The molecule has 1 unspecified atom stereocenters. The summed E-state index contributed by atoms with van der Waals surface area (Å²) in [5, 5.41) is 9.21. The fraction of sp³-hybridized carbons (Fsp3) is 0.500. The van der Waals surface area contributed by atoms with E-state index in [2.05, 4.69) is 11.9 Å². The molecule has 2 aliphatic heterocycles. The largest absolute Gasteiger partial charge is 0.490 e. The van der Waals surface area contributed by atoms with Gasteiger partial charge in [-0.15, -0.1) is 0 Å². The summed E-state index contributed by atoms with van der Waals surface area (Å²) in [6.07, 6.45) is 7.56. The van der Waals surface area contributed by atoms with Crippen molar-refractivity contribution in [1.82, 2.24) is 5.32 Å². The van der Waals surface area contributed by atoms with Gasteiger partial charge in [0.15, 0.2) is 0 Å². The van der Waals surface area contributed by atoms with E-state index < -0.39 is 0 Å². The summed E-state index contributed by atoms with van der Waals surface area (Å²) in [7, 11) is 0. The third kappa shape index (κ3) is 3.10. The van der Waals surface area contributed by atoms with Gasteiger partial charge < -0.3 is 10.1 Å². The molecule has 3 nitrogen and oxygen atoms in total. The summed E-state index contributed by atoms with van der Waals surface area (Å²) in [6.45, 7) is 3.76. The van der Waals surface area contributed by atoms with Gasteiger partial charge in [0.25, 0.3) is 0 Å². The third-order valence-corrected chi connectivity index (χ3v) is 5.05. The van der Waals surface area contributed by atoms with Crippen LogP contribution >= 0.6 is 11.9 Å². The number of nitrogens with one attached hydrogen (secondary N) is 1. The van der Waals surface area contributed by atoms with E-state index in [1.807, 2.05) is 0 Å². The zero-order valence-corrected chi connectivity index (χ0v) is 12.8. The normalized spacial score (nSPS) is 28.2. The molecule has 5 heteroatoms. The van der Waals surface area contributed by atoms with Crippen LogP contribution in [0.2, 0.25) is 0 Å². The van der Waals surface area contributed by atoms with Crippen LogP contribution in [0.3, 0.4) is 0 Å². The fourth-order valence-corrected chi connectivity index (χ4v) is 3.95. The Hall–Kier alpha value is -1.04. The average molecular weight is 308 g/mol. The third-order valence-electron chi connectivity index (χ3n) is 4.40. The Labute approximate surface area is 129 Å². The lowest BCUT2D eigenvalue weighted by Gasteiger charge is -2.40. The molecule has 114 valence electrons. The van der Waals surface area contributed by atoms with Crippen LogP contribution in [-0.2, 0) is 0 Å². The van der Waals surface area contributed by atoms with Crippen LogP contribution in [0, 0.1) is 5.82 Å². The first-order valence-electron chi connectivity index (χ1n) is 7.45. The number of hydrogen-bond donors (Lipinski definition) is 2. The SMILES string of the molecule is C=Cc1c(OC2C[C@H]3CCC[C@@H](C2)N3)ccc(F)c1SN. The molecule has 2 heterocycles. The van der Waals surface area contributed by atoms with Crippen LogP contribution in [-0.4, -0.2) is 18.2 Å². The molecule has 2 aliphatic rings. The Kier molecular flexibility index (Phi) is 4.52. The minimum atomic E-state index is -0.327. The second kappa shape index (κ2) is 6.38. The van der Waals surface area contributed by atoms with E-state index in [-0.39, 0.29) is 11.9 Å². The molecule has 3 rings (SSSR count). The molecular weight excluding hydrogens is 287 g/mol. The number of rotatable bonds is 4. The second-order valence-corrected chi connectivity index (χ2v) is 6.46. The maximum absolute atomic E-state index is 13.8. The quantitative estimate of drug-likeness (QED) is 0.836.